The van der Waals surface area contributed by atoms with Crippen molar-refractivity contribution in [1.29, 1.82) is 0 Å². The summed E-state index contributed by atoms with van der Waals surface area (Å²) in [5.41, 5.74) is 2.30. The monoisotopic (exact) mass is 455 g/mol. The number of aliphatic hydroxyl groups is 1. The molecule has 0 spiro atoms. The lowest BCUT2D eigenvalue weighted by atomic mass is 9.88. The number of rotatable bonds is 6. The number of esters is 1. The van der Waals surface area contributed by atoms with Crippen LogP contribution in [0, 0.1) is 0 Å². The van der Waals surface area contributed by atoms with E-state index < -0.39 is 22.0 Å². The number of nitrogens with zero attached hydrogens (tertiary/aromatic N) is 1. The molecule has 0 aliphatic heterocycles. The molecule has 1 saturated carbocycles. The number of alkyl halides is 3. The molecule has 4 nitrogen and oxygen atoms in total. The second-order valence-corrected chi connectivity index (χ2v) is 9.59. The normalized spacial score (nSPS) is 22.4. The molecular weight excluding hydrogens is 433 g/mol. The van der Waals surface area contributed by atoms with Crippen molar-refractivity contribution >= 4 is 40.8 Å². The summed E-state index contributed by atoms with van der Waals surface area (Å²) in [4.78, 5) is 14.2. The third-order valence-corrected chi connectivity index (χ3v) is 5.64. The van der Waals surface area contributed by atoms with Crippen molar-refractivity contribution < 1.29 is 14.6 Å². The molecule has 7 heteroatoms. The van der Waals surface area contributed by atoms with Gasteiger partial charge in [-0.05, 0) is 30.4 Å². The smallest absolute Gasteiger partial charge is 0.358 e. The number of carbonyl (C=O) groups is 1. The second-order valence-electron chi connectivity index (χ2n) is 7.31. The Bertz CT molecular complexity index is 741. The summed E-state index contributed by atoms with van der Waals surface area (Å²) in [5.74, 6) is -0.954. The Kier molecular flexibility index (Phi) is 7.83. The maximum absolute atomic E-state index is 12.0. The quantitative estimate of drug-likeness (QED) is 0.497. The molecule has 1 aliphatic carbocycles. The van der Waals surface area contributed by atoms with Gasteiger partial charge in [0.05, 0.1) is 0 Å². The van der Waals surface area contributed by atoms with Gasteiger partial charge in [-0.3, -0.25) is 4.90 Å². The van der Waals surface area contributed by atoms with Gasteiger partial charge in [0, 0.05) is 19.1 Å². The number of halogens is 3. The highest BCUT2D eigenvalue weighted by atomic mass is 35.6. The average Bonchev–Trinajstić information content (AvgIpc) is 2.70. The van der Waals surface area contributed by atoms with E-state index in [0.717, 1.165) is 24.0 Å². The SMILES string of the molecule is O=C(O[C@@H]1CCC[C@@H](N(Cc2ccccc2)Cc2ccccc2)[C@H]1O)C(Cl)(Cl)Cl. The Morgan fingerprint density at radius 3 is 1.97 bits per heavy atom. The lowest BCUT2D eigenvalue weighted by Crippen LogP contribution is -2.52. The van der Waals surface area contributed by atoms with Crippen LogP contribution < -0.4 is 0 Å². The molecule has 3 atom stereocenters. The predicted molar refractivity (Wildman–Crippen MR) is 116 cm³/mol. The summed E-state index contributed by atoms with van der Waals surface area (Å²) in [5, 5.41) is 11.0. The lowest BCUT2D eigenvalue weighted by Gasteiger charge is -2.41. The third kappa shape index (κ3) is 6.34. The summed E-state index contributed by atoms with van der Waals surface area (Å²) < 4.78 is 3.19. The molecule has 0 heterocycles. The first-order chi connectivity index (χ1) is 13.8. The summed E-state index contributed by atoms with van der Waals surface area (Å²) in [6, 6.07) is 20.0. The first-order valence-electron chi connectivity index (χ1n) is 9.62. The van der Waals surface area contributed by atoms with Gasteiger partial charge >= 0.3 is 5.97 Å². The van der Waals surface area contributed by atoms with Gasteiger partial charge in [-0.25, -0.2) is 4.79 Å². The number of hydrogen-bond acceptors (Lipinski definition) is 4. The molecule has 3 rings (SSSR count). The van der Waals surface area contributed by atoms with Gasteiger partial charge in [-0.15, -0.1) is 0 Å². The van der Waals surface area contributed by atoms with Crippen LogP contribution in [-0.2, 0) is 22.6 Å². The van der Waals surface area contributed by atoms with Crippen LogP contribution in [0.4, 0.5) is 0 Å². The van der Waals surface area contributed by atoms with Crippen molar-refractivity contribution in [2.24, 2.45) is 0 Å². The van der Waals surface area contributed by atoms with Gasteiger partial charge in [-0.2, -0.15) is 0 Å². The van der Waals surface area contributed by atoms with Gasteiger partial charge in [0.15, 0.2) is 0 Å². The molecule has 1 fully saturated rings. The minimum atomic E-state index is -2.15. The Hall–Kier alpha value is -1.30. The minimum absolute atomic E-state index is 0.183. The van der Waals surface area contributed by atoms with E-state index in [-0.39, 0.29) is 6.04 Å². The number of benzene rings is 2. The fourth-order valence-corrected chi connectivity index (χ4v) is 3.91. The van der Waals surface area contributed by atoms with Crippen LogP contribution in [0.25, 0.3) is 0 Å². The van der Waals surface area contributed by atoms with Crippen LogP contribution in [0.3, 0.4) is 0 Å². The van der Waals surface area contributed by atoms with E-state index in [1.54, 1.807) is 0 Å². The summed E-state index contributed by atoms with van der Waals surface area (Å²) in [6.07, 6.45) is 0.565. The Balaban J connectivity index is 1.78. The molecule has 2 aromatic carbocycles. The molecule has 0 saturated heterocycles. The highest BCUT2D eigenvalue weighted by Crippen LogP contribution is 2.32. The van der Waals surface area contributed by atoms with Crippen LogP contribution in [-0.4, -0.2) is 38.0 Å². The third-order valence-electron chi connectivity index (χ3n) is 5.18. The average molecular weight is 457 g/mol. The van der Waals surface area contributed by atoms with Crippen LogP contribution in [0.5, 0.6) is 0 Å². The fraction of sp³-hybridized carbons (Fsp3) is 0.409. The first kappa shape index (κ1) is 22.4. The second kappa shape index (κ2) is 10.1. The molecule has 0 amide bonds. The number of hydrogen-bond donors (Lipinski definition) is 1. The first-order valence-corrected chi connectivity index (χ1v) is 10.8. The lowest BCUT2D eigenvalue weighted by molar-refractivity contribution is -0.161. The molecule has 0 aromatic heterocycles. The van der Waals surface area contributed by atoms with Crippen molar-refractivity contribution in [1.82, 2.24) is 4.90 Å². The van der Waals surface area contributed by atoms with Gasteiger partial charge < -0.3 is 9.84 Å². The zero-order valence-electron chi connectivity index (χ0n) is 15.9. The number of carbonyl (C=O) groups excluding carboxylic acids is 1. The highest BCUT2D eigenvalue weighted by Gasteiger charge is 2.41. The Morgan fingerprint density at radius 1 is 0.966 bits per heavy atom. The topological polar surface area (TPSA) is 49.8 Å². The maximum atomic E-state index is 12.0. The maximum Gasteiger partial charge on any atom is 0.358 e. The van der Waals surface area contributed by atoms with Crippen molar-refractivity contribution in [3.05, 3.63) is 71.8 Å². The fourth-order valence-electron chi connectivity index (χ4n) is 3.78. The summed E-state index contributed by atoms with van der Waals surface area (Å²) in [7, 11) is 0. The molecule has 1 N–H and O–H groups in total. The van der Waals surface area contributed by atoms with Crippen LogP contribution in [0.2, 0.25) is 0 Å². The number of ether oxygens (including phenoxy) is 1. The predicted octanol–water partition coefficient (Wildman–Crippen LogP) is 4.88. The minimum Gasteiger partial charge on any atom is -0.456 e. The van der Waals surface area contributed by atoms with Crippen molar-refractivity contribution in [3.63, 3.8) is 0 Å². The molecule has 0 radical (unpaired) electrons. The largest absolute Gasteiger partial charge is 0.456 e. The zero-order chi connectivity index (χ0) is 20.9. The van der Waals surface area contributed by atoms with Gasteiger partial charge in [0.1, 0.15) is 12.2 Å². The Morgan fingerprint density at radius 2 is 1.48 bits per heavy atom. The Labute approximate surface area is 186 Å². The van der Waals surface area contributed by atoms with Gasteiger partial charge in [-0.1, -0.05) is 95.5 Å². The van der Waals surface area contributed by atoms with Gasteiger partial charge in [0.2, 0.25) is 0 Å². The molecule has 1 aliphatic rings. The highest BCUT2D eigenvalue weighted by molar-refractivity contribution is 6.75. The summed E-state index contributed by atoms with van der Waals surface area (Å²) >= 11 is 16.9. The number of aliphatic hydroxyl groups excluding tert-OH is 1. The van der Waals surface area contributed by atoms with E-state index in [0.29, 0.717) is 19.5 Å². The molecule has 29 heavy (non-hydrogen) atoms. The standard InChI is InChI=1S/C22H24Cl3NO3/c23-22(24,25)21(28)29-19-13-7-12-18(20(19)27)26(14-16-8-3-1-4-9-16)15-17-10-5-2-6-11-17/h1-6,8-11,18-20,27H,7,12-15H2/t18-,19-,20-/m1/s1. The van der Waals surface area contributed by atoms with Crippen molar-refractivity contribution in [2.75, 3.05) is 0 Å². The van der Waals surface area contributed by atoms with E-state index in [1.165, 1.54) is 0 Å². The molecule has 2 aromatic rings. The van der Waals surface area contributed by atoms with Crippen LogP contribution >= 0.6 is 34.8 Å². The summed E-state index contributed by atoms with van der Waals surface area (Å²) in [6.45, 7) is 1.34. The van der Waals surface area contributed by atoms with Crippen LogP contribution in [0.15, 0.2) is 60.7 Å². The van der Waals surface area contributed by atoms with Crippen molar-refractivity contribution in [3.8, 4) is 0 Å². The van der Waals surface area contributed by atoms with Gasteiger partial charge in [0.25, 0.3) is 3.79 Å². The van der Waals surface area contributed by atoms with Crippen LogP contribution in [0.1, 0.15) is 30.4 Å². The van der Waals surface area contributed by atoms with E-state index in [1.807, 2.05) is 36.4 Å². The zero-order valence-corrected chi connectivity index (χ0v) is 18.2. The van der Waals surface area contributed by atoms with E-state index in [4.69, 9.17) is 39.5 Å². The van der Waals surface area contributed by atoms with E-state index in [2.05, 4.69) is 29.2 Å². The molecule has 156 valence electrons. The van der Waals surface area contributed by atoms with Crippen molar-refractivity contribution in [2.45, 2.75) is 54.4 Å². The molecular formula is C22H24Cl3NO3. The molecule has 0 bridgehead atoms. The van der Waals surface area contributed by atoms with E-state index in [9.17, 15) is 9.90 Å². The molecule has 0 unspecified atom stereocenters. The van der Waals surface area contributed by atoms with E-state index >= 15 is 0 Å².